The Bertz CT molecular complexity index is 1100. The van der Waals surface area contributed by atoms with E-state index in [-0.39, 0.29) is 11.8 Å². The zero-order chi connectivity index (χ0) is 23.4. The van der Waals surface area contributed by atoms with Crippen molar-refractivity contribution in [2.45, 2.75) is 77.3 Å². The van der Waals surface area contributed by atoms with E-state index in [9.17, 15) is 14.7 Å². The molecule has 0 saturated heterocycles. The SMILES string of the molecule is CCC(C)C[C@H](NC(=O)c1ccc2c(c1)nc(Cc1ccsc1)n2C1CCCCC1)C(=O)O. The number of hydrogen-bond donors (Lipinski definition) is 2. The molecule has 7 heteroatoms. The molecule has 176 valence electrons. The normalized spacial score (nSPS) is 16.5. The third kappa shape index (κ3) is 5.46. The van der Waals surface area contributed by atoms with E-state index >= 15 is 0 Å². The number of imidazole rings is 1. The van der Waals surface area contributed by atoms with Gasteiger partial charge in [-0.15, -0.1) is 0 Å². The number of aliphatic carboxylic acids is 1. The first-order chi connectivity index (χ1) is 16.0. The lowest BCUT2D eigenvalue weighted by atomic mass is 9.95. The van der Waals surface area contributed by atoms with Crippen molar-refractivity contribution in [1.29, 1.82) is 0 Å². The Morgan fingerprint density at radius 2 is 2.03 bits per heavy atom. The molecule has 1 unspecified atom stereocenters. The van der Waals surface area contributed by atoms with Crippen molar-refractivity contribution >= 4 is 34.2 Å². The molecule has 33 heavy (non-hydrogen) atoms. The molecule has 3 aromatic rings. The van der Waals surface area contributed by atoms with Crippen LogP contribution < -0.4 is 5.32 Å². The number of nitrogens with zero attached hydrogens (tertiary/aromatic N) is 2. The molecule has 1 amide bonds. The van der Waals surface area contributed by atoms with E-state index in [1.54, 1.807) is 17.4 Å². The quantitative estimate of drug-likeness (QED) is 0.416. The molecule has 0 radical (unpaired) electrons. The summed E-state index contributed by atoms with van der Waals surface area (Å²) in [4.78, 5) is 29.5. The van der Waals surface area contributed by atoms with Crippen LogP contribution in [0.3, 0.4) is 0 Å². The van der Waals surface area contributed by atoms with Crippen molar-refractivity contribution in [2.24, 2.45) is 5.92 Å². The molecule has 1 aliphatic rings. The van der Waals surface area contributed by atoms with Gasteiger partial charge in [-0.05, 0) is 65.8 Å². The van der Waals surface area contributed by atoms with Crippen molar-refractivity contribution in [1.82, 2.24) is 14.9 Å². The lowest BCUT2D eigenvalue weighted by molar-refractivity contribution is -0.139. The fraction of sp³-hybridized carbons (Fsp3) is 0.500. The number of fused-ring (bicyclic) bond motifs is 1. The van der Waals surface area contributed by atoms with E-state index in [4.69, 9.17) is 4.98 Å². The molecular weight excluding hydrogens is 434 g/mol. The lowest BCUT2D eigenvalue weighted by Crippen LogP contribution is -2.41. The Morgan fingerprint density at radius 3 is 2.70 bits per heavy atom. The Kier molecular flexibility index (Phi) is 7.48. The molecule has 6 nitrogen and oxygen atoms in total. The van der Waals surface area contributed by atoms with Crippen molar-refractivity contribution in [3.63, 3.8) is 0 Å². The Morgan fingerprint density at radius 1 is 1.24 bits per heavy atom. The molecule has 0 bridgehead atoms. The Labute approximate surface area is 199 Å². The molecule has 2 N–H and O–H groups in total. The number of benzene rings is 1. The van der Waals surface area contributed by atoms with Gasteiger partial charge < -0.3 is 15.0 Å². The fourth-order valence-corrected chi connectivity index (χ4v) is 5.44. The van der Waals surface area contributed by atoms with Crippen molar-refractivity contribution in [3.8, 4) is 0 Å². The predicted octanol–water partition coefficient (Wildman–Crippen LogP) is 5.81. The van der Waals surface area contributed by atoms with Gasteiger partial charge in [0, 0.05) is 18.0 Å². The molecule has 1 saturated carbocycles. The van der Waals surface area contributed by atoms with Crippen LogP contribution in [0.25, 0.3) is 11.0 Å². The van der Waals surface area contributed by atoms with Crippen LogP contribution in [0.4, 0.5) is 0 Å². The molecular formula is C26H33N3O3S. The number of carbonyl (C=O) groups is 2. The van der Waals surface area contributed by atoms with E-state index in [1.807, 2.05) is 26.0 Å². The molecule has 2 atom stereocenters. The van der Waals surface area contributed by atoms with Gasteiger partial charge in [-0.3, -0.25) is 4.79 Å². The Hall–Kier alpha value is -2.67. The second-order valence-electron chi connectivity index (χ2n) is 9.32. The molecule has 0 spiro atoms. The highest BCUT2D eigenvalue weighted by molar-refractivity contribution is 7.07. The summed E-state index contributed by atoms with van der Waals surface area (Å²) in [6, 6.07) is 7.27. The minimum absolute atomic E-state index is 0.222. The first-order valence-corrected chi connectivity index (χ1v) is 13.0. The van der Waals surface area contributed by atoms with Gasteiger partial charge in [0.1, 0.15) is 11.9 Å². The zero-order valence-electron chi connectivity index (χ0n) is 19.4. The van der Waals surface area contributed by atoms with Crippen LogP contribution in [-0.4, -0.2) is 32.6 Å². The van der Waals surface area contributed by atoms with Gasteiger partial charge in [-0.2, -0.15) is 11.3 Å². The topological polar surface area (TPSA) is 84.2 Å². The number of aromatic nitrogens is 2. The fourth-order valence-electron chi connectivity index (χ4n) is 4.77. The third-order valence-corrected chi connectivity index (χ3v) is 7.58. The minimum atomic E-state index is -0.996. The zero-order valence-corrected chi connectivity index (χ0v) is 20.2. The van der Waals surface area contributed by atoms with Gasteiger partial charge in [0.2, 0.25) is 0 Å². The summed E-state index contributed by atoms with van der Waals surface area (Å²) in [5.74, 6) is -0.101. The molecule has 2 heterocycles. The van der Waals surface area contributed by atoms with Crippen LogP contribution >= 0.6 is 11.3 Å². The average molecular weight is 468 g/mol. The number of carboxylic acids is 1. The summed E-state index contributed by atoms with van der Waals surface area (Å²) >= 11 is 1.69. The van der Waals surface area contributed by atoms with E-state index in [2.05, 4.69) is 26.7 Å². The number of thiophene rings is 1. The highest BCUT2D eigenvalue weighted by Gasteiger charge is 2.25. The number of hydrogen-bond acceptors (Lipinski definition) is 4. The van der Waals surface area contributed by atoms with Crippen LogP contribution in [0.2, 0.25) is 0 Å². The van der Waals surface area contributed by atoms with E-state index in [1.165, 1.54) is 24.8 Å². The van der Waals surface area contributed by atoms with E-state index in [0.717, 1.165) is 42.5 Å². The second-order valence-corrected chi connectivity index (χ2v) is 10.1. The van der Waals surface area contributed by atoms with Gasteiger partial charge in [-0.1, -0.05) is 39.5 Å². The highest BCUT2D eigenvalue weighted by Crippen LogP contribution is 2.33. The number of carboxylic acid groups (broad SMARTS) is 1. The van der Waals surface area contributed by atoms with Crippen LogP contribution in [0.5, 0.6) is 0 Å². The number of amides is 1. The van der Waals surface area contributed by atoms with E-state index < -0.39 is 12.0 Å². The maximum absolute atomic E-state index is 12.9. The molecule has 4 rings (SSSR count). The summed E-state index contributed by atoms with van der Waals surface area (Å²) in [5, 5.41) is 16.5. The average Bonchev–Trinajstić information content (AvgIpc) is 3.45. The first kappa shape index (κ1) is 23.5. The lowest BCUT2D eigenvalue weighted by Gasteiger charge is -2.25. The molecule has 1 aromatic carbocycles. The number of carbonyl (C=O) groups excluding carboxylic acids is 1. The van der Waals surface area contributed by atoms with Gasteiger partial charge >= 0.3 is 5.97 Å². The van der Waals surface area contributed by atoms with Crippen LogP contribution in [-0.2, 0) is 11.2 Å². The van der Waals surface area contributed by atoms with Crippen molar-refractivity contribution in [2.75, 3.05) is 0 Å². The molecule has 2 aromatic heterocycles. The largest absolute Gasteiger partial charge is 0.480 e. The van der Waals surface area contributed by atoms with Gasteiger partial charge in [0.15, 0.2) is 0 Å². The molecule has 1 fully saturated rings. The second kappa shape index (κ2) is 10.5. The first-order valence-electron chi connectivity index (χ1n) is 12.0. The Balaban J connectivity index is 1.63. The monoisotopic (exact) mass is 467 g/mol. The third-order valence-electron chi connectivity index (χ3n) is 6.85. The number of nitrogens with one attached hydrogen (secondary N) is 1. The summed E-state index contributed by atoms with van der Waals surface area (Å²) < 4.78 is 2.39. The maximum Gasteiger partial charge on any atom is 0.326 e. The van der Waals surface area contributed by atoms with Gasteiger partial charge in [-0.25, -0.2) is 9.78 Å². The van der Waals surface area contributed by atoms with Crippen molar-refractivity contribution in [3.05, 3.63) is 52.0 Å². The highest BCUT2D eigenvalue weighted by atomic mass is 32.1. The molecule has 0 aliphatic heterocycles. The van der Waals surface area contributed by atoms with Crippen molar-refractivity contribution < 1.29 is 14.7 Å². The van der Waals surface area contributed by atoms with Gasteiger partial charge in [0.25, 0.3) is 5.91 Å². The van der Waals surface area contributed by atoms with E-state index in [0.29, 0.717) is 18.0 Å². The maximum atomic E-state index is 12.9. The smallest absolute Gasteiger partial charge is 0.326 e. The number of rotatable bonds is 9. The predicted molar refractivity (Wildman–Crippen MR) is 132 cm³/mol. The summed E-state index contributed by atoms with van der Waals surface area (Å²) in [6.45, 7) is 4.02. The summed E-state index contributed by atoms with van der Waals surface area (Å²) in [7, 11) is 0. The van der Waals surface area contributed by atoms with Gasteiger partial charge in [0.05, 0.1) is 11.0 Å². The minimum Gasteiger partial charge on any atom is -0.480 e. The summed E-state index contributed by atoms with van der Waals surface area (Å²) in [5.41, 5.74) is 3.55. The molecule has 1 aliphatic carbocycles. The van der Waals surface area contributed by atoms with Crippen LogP contribution in [0.15, 0.2) is 35.0 Å². The van der Waals surface area contributed by atoms with Crippen LogP contribution in [0.1, 0.15) is 86.6 Å². The summed E-state index contributed by atoms with van der Waals surface area (Å²) in [6.07, 6.45) is 8.12. The van der Waals surface area contributed by atoms with Crippen LogP contribution in [0, 0.1) is 5.92 Å². The standard InChI is InChI=1S/C26H33N3O3S/c1-3-17(2)13-22(26(31)32)28-25(30)19-9-10-23-21(15-19)27-24(14-18-11-12-33-16-18)29(23)20-7-5-4-6-8-20/h9-12,15-17,20,22H,3-8,13-14H2,1-2H3,(H,28,30)(H,31,32)/t17?,22-/m0/s1.